The smallest absolute Gasteiger partial charge is 0.0851 e. The van der Waals surface area contributed by atoms with Crippen molar-refractivity contribution in [3.05, 3.63) is 0 Å². The normalized spacial score (nSPS) is 34.1. The quantitative estimate of drug-likeness (QED) is 0.791. The zero-order valence-corrected chi connectivity index (χ0v) is 10.7. The van der Waals surface area contributed by atoms with Gasteiger partial charge in [-0.05, 0) is 32.9 Å². The Bertz CT molecular complexity index is 204. The van der Waals surface area contributed by atoms with Crippen molar-refractivity contribution >= 4 is 0 Å². The Hall–Kier alpha value is -0.120. The highest BCUT2D eigenvalue weighted by Gasteiger charge is 2.29. The van der Waals surface area contributed by atoms with Crippen LogP contribution in [0.2, 0.25) is 0 Å². The molecule has 16 heavy (non-hydrogen) atoms. The average molecular weight is 226 g/mol. The monoisotopic (exact) mass is 226 g/mol. The largest absolute Gasteiger partial charge is 0.378 e. The van der Waals surface area contributed by atoms with Crippen LogP contribution in [0.3, 0.4) is 0 Å². The van der Waals surface area contributed by atoms with E-state index < -0.39 is 0 Å². The molecular weight excluding hydrogens is 200 g/mol. The first-order valence-corrected chi connectivity index (χ1v) is 6.77. The van der Waals surface area contributed by atoms with Crippen molar-refractivity contribution < 1.29 is 4.74 Å². The zero-order valence-electron chi connectivity index (χ0n) is 10.7. The van der Waals surface area contributed by atoms with Gasteiger partial charge in [0, 0.05) is 25.7 Å². The van der Waals surface area contributed by atoms with Gasteiger partial charge in [0.25, 0.3) is 0 Å². The number of ether oxygens (including phenoxy) is 1. The SMILES string of the molecule is CO[C@H]1CN(C)CC[C@H]1NC1CCCCC1. The van der Waals surface area contributed by atoms with Crippen LogP contribution < -0.4 is 5.32 Å². The van der Waals surface area contributed by atoms with E-state index in [1.807, 2.05) is 7.11 Å². The molecule has 0 amide bonds. The fourth-order valence-corrected chi connectivity index (χ4v) is 3.07. The first kappa shape index (κ1) is 12.3. The summed E-state index contributed by atoms with van der Waals surface area (Å²) in [5.74, 6) is 0. The summed E-state index contributed by atoms with van der Waals surface area (Å²) >= 11 is 0. The highest BCUT2D eigenvalue weighted by molar-refractivity contribution is 4.88. The van der Waals surface area contributed by atoms with Crippen molar-refractivity contribution in [3.63, 3.8) is 0 Å². The Morgan fingerprint density at radius 3 is 2.56 bits per heavy atom. The van der Waals surface area contributed by atoms with E-state index in [4.69, 9.17) is 4.74 Å². The molecule has 0 bridgehead atoms. The van der Waals surface area contributed by atoms with Gasteiger partial charge in [0.2, 0.25) is 0 Å². The minimum absolute atomic E-state index is 0.376. The van der Waals surface area contributed by atoms with Gasteiger partial charge < -0.3 is 15.0 Å². The summed E-state index contributed by atoms with van der Waals surface area (Å²) in [6, 6.07) is 1.32. The number of piperidine rings is 1. The van der Waals surface area contributed by atoms with E-state index in [9.17, 15) is 0 Å². The van der Waals surface area contributed by atoms with Crippen LogP contribution in [0.25, 0.3) is 0 Å². The fourth-order valence-electron chi connectivity index (χ4n) is 3.07. The summed E-state index contributed by atoms with van der Waals surface area (Å²) in [4.78, 5) is 2.37. The standard InChI is InChI=1S/C13H26N2O/c1-15-9-8-12(13(10-15)16-2)14-11-6-4-3-5-7-11/h11-14H,3-10H2,1-2H3/t12-,13+/m1/s1. The Balaban J connectivity index is 1.82. The van der Waals surface area contributed by atoms with Crippen molar-refractivity contribution in [2.24, 2.45) is 0 Å². The number of nitrogens with one attached hydrogen (secondary N) is 1. The molecule has 1 N–H and O–H groups in total. The molecule has 0 aromatic rings. The van der Waals surface area contributed by atoms with Gasteiger partial charge in [-0.2, -0.15) is 0 Å². The third kappa shape index (κ3) is 3.19. The molecule has 0 spiro atoms. The van der Waals surface area contributed by atoms with Gasteiger partial charge in [-0.15, -0.1) is 0 Å². The molecule has 1 aliphatic heterocycles. The Morgan fingerprint density at radius 2 is 1.88 bits per heavy atom. The molecular formula is C13H26N2O. The van der Waals surface area contributed by atoms with Crippen LogP contribution in [0.1, 0.15) is 38.5 Å². The summed E-state index contributed by atoms with van der Waals surface area (Å²) in [6.07, 6.45) is 8.57. The summed E-state index contributed by atoms with van der Waals surface area (Å²) < 4.78 is 5.61. The van der Waals surface area contributed by atoms with Crippen molar-refractivity contribution in [1.29, 1.82) is 0 Å². The van der Waals surface area contributed by atoms with Gasteiger partial charge in [0.05, 0.1) is 6.10 Å². The molecule has 2 rings (SSSR count). The van der Waals surface area contributed by atoms with Crippen LogP contribution in [0.5, 0.6) is 0 Å². The zero-order chi connectivity index (χ0) is 11.4. The van der Waals surface area contributed by atoms with Crippen LogP contribution in [0.15, 0.2) is 0 Å². The Morgan fingerprint density at radius 1 is 1.12 bits per heavy atom. The third-order valence-electron chi connectivity index (χ3n) is 4.12. The molecule has 94 valence electrons. The topological polar surface area (TPSA) is 24.5 Å². The van der Waals surface area contributed by atoms with Gasteiger partial charge in [0.15, 0.2) is 0 Å². The first-order chi connectivity index (χ1) is 7.79. The van der Waals surface area contributed by atoms with Crippen LogP contribution in [0, 0.1) is 0 Å². The van der Waals surface area contributed by atoms with Crippen LogP contribution >= 0.6 is 0 Å². The number of nitrogens with zero attached hydrogens (tertiary/aromatic N) is 1. The van der Waals surface area contributed by atoms with E-state index >= 15 is 0 Å². The highest BCUT2D eigenvalue weighted by Crippen LogP contribution is 2.20. The van der Waals surface area contributed by atoms with Gasteiger partial charge in [-0.1, -0.05) is 19.3 Å². The summed E-state index contributed by atoms with van der Waals surface area (Å²) in [5, 5.41) is 3.83. The minimum Gasteiger partial charge on any atom is -0.378 e. The number of rotatable bonds is 3. The predicted octanol–water partition coefficient (Wildman–Crippen LogP) is 1.63. The number of methoxy groups -OCH3 is 1. The number of hydrogen-bond donors (Lipinski definition) is 1. The van der Waals surface area contributed by atoms with E-state index in [0.29, 0.717) is 12.1 Å². The average Bonchev–Trinajstić information content (AvgIpc) is 2.33. The molecule has 1 aliphatic carbocycles. The Kier molecular flexibility index (Phi) is 4.62. The first-order valence-electron chi connectivity index (χ1n) is 6.77. The number of hydrogen-bond acceptors (Lipinski definition) is 3. The van der Waals surface area contributed by atoms with E-state index in [1.54, 1.807) is 0 Å². The molecule has 0 aromatic heterocycles. The second-order valence-electron chi connectivity index (χ2n) is 5.43. The molecule has 2 aliphatic rings. The number of likely N-dealkylation sites (tertiary alicyclic amines) is 1. The van der Waals surface area contributed by atoms with Gasteiger partial charge in [-0.25, -0.2) is 0 Å². The maximum atomic E-state index is 5.61. The fraction of sp³-hybridized carbons (Fsp3) is 1.00. The highest BCUT2D eigenvalue weighted by atomic mass is 16.5. The van der Waals surface area contributed by atoms with Crippen LogP contribution in [-0.2, 0) is 4.74 Å². The van der Waals surface area contributed by atoms with Crippen LogP contribution in [0.4, 0.5) is 0 Å². The lowest BCUT2D eigenvalue weighted by atomic mass is 9.93. The van der Waals surface area contributed by atoms with Crippen molar-refractivity contribution in [3.8, 4) is 0 Å². The maximum Gasteiger partial charge on any atom is 0.0851 e. The summed E-state index contributed by atoms with van der Waals surface area (Å²) in [5.41, 5.74) is 0. The maximum absolute atomic E-state index is 5.61. The van der Waals surface area contributed by atoms with E-state index in [2.05, 4.69) is 17.3 Å². The molecule has 2 fully saturated rings. The summed E-state index contributed by atoms with van der Waals surface area (Å²) in [7, 11) is 4.03. The van der Waals surface area contributed by atoms with E-state index in [1.165, 1.54) is 45.1 Å². The van der Waals surface area contributed by atoms with Crippen molar-refractivity contribution in [2.75, 3.05) is 27.2 Å². The Labute approximate surface area is 99.5 Å². The molecule has 1 heterocycles. The van der Waals surface area contributed by atoms with Gasteiger partial charge >= 0.3 is 0 Å². The lowest BCUT2D eigenvalue weighted by molar-refractivity contribution is 0.00914. The minimum atomic E-state index is 0.376. The van der Waals surface area contributed by atoms with Gasteiger partial charge in [-0.3, -0.25) is 0 Å². The second-order valence-corrected chi connectivity index (χ2v) is 5.43. The van der Waals surface area contributed by atoms with Crippen molar-refractivity contribution in [1.82, 2.24) is 10.2 Å². The molecule has 0 aromatic carbocycles. The summed E-state index contributed by atoms with van der Waals surface area (Å²) in [6.45, 7) is 2.27. The molecule has 1 saturated heterocycles. The second kappa shape index (κ2) is 5.99. The molecule has 0 unspecified atom stereocenters. The third-order valence-corrected chi connectivity index (χ3v) is 4.12. The van der Waals surface area contributed by atoms with Crippen molar-refractivity contribution in [2.45, 2.75) is 56.7 Å². The van der Waals surface area contributed by atoms with E-state index in [0.717, 1.165) is 12.6 Å². The molecule has 0 radical (unpaired) electrons. The lowest BCUT2D eigenvalue weighted by Crippen LogP contribution is -2.55. The molecule has 3 nitrogen and oxygen atoms in total. The van der Waals surface area contributed by atoms with Gasteiger partial charge in [0.1, 0.15) is 0 Å². The molecule has 2 atom stereocenters. The predicted molar refractivity (Wildman–Crippen MR) is 66.7 cm³/mol. The van der Waals surface area contributed by atoms with E-state index in [-0.39, 0.29) is 0 Å². The molecule has 3 heteroatoms. The number of likely N-dealkylation sites (N-methyl/N-ethyl adjacent to an activating group) is 1. The molecule has 1 saturated carbocycles. The van der Waals surface area contributed by atoms with Crippen LogP contribution in [-0.4, -0.2) is 50.3 Å². The lowest BCUT2D eigenvalue weighted by Gasteiger charge is -2.39.